The summed E-state index contributed by atoms with van der Waals surface area (Å²) in [6.07, 6.45) is 2.23. The van der Waals surface area contributed by atoms with Gasteiger partial charge in [0, 0.05) is 37.5 Å². The highest BCUT2D eigenvalue weighted by Crippen LogP contribution is 2.25. The molecule has 1 heterocycles. The third-order valence-electron chi connectivity index (χ3n) is 3.52. The first-order chi connectivity index (χ1) is 9.49. The first kappa shape index (κ1) is 14.3. The maximum absolute atomic E-state index is 11.5. The number of rotatable bonds is 5. The lowest BCUT2D eigenvalue weighted by Crippen LogP contribution is -2.36. The second-order valence-corrected chi connectivity index (χ2v) is 5.00. The number of primary amides is 1. The van der Waals surface area contributed by atoms with Crippen molar-refractivity contribution in [3.63, 3.8) is 0 Å². The summed E-state index contributed by atoms with van der Waals surface area (Å²) in [6, 6.07) is 4.57. The van der Waals surface area contributed by atoms with Crippen LogP contribution in [0.25, 0.3) is 0 Å². The standard InChI is InChI=1S/C13H18N4O3/c1-16(8-9-3-2-6-15-9)12-5-4-10(17(19)20)7-11(12)13(14)18/h4-5,7,9,15H,2-3,6,8H2,1H3,(H2,14,18). The topological polar surface area (TPSA) is 102 Å². The zero-order valence-corrected chi connectivity index (χ0v) is 11.3. The highest BCUT2D eigenvalue weighted by molar-refractivity contribution is 5.99. The van der Waals surface area contributed by atoms with E-state index in [1.54, 1.807) is 6.07 Å². The van der Waals surface area contributed by atoms with Crippen LogP contribution in [0.3, 0.4) is 0 Å². The van der Waals surface area contributed by atoms with Crippen LogP contribution in [0.4, 0.5) is 11.4 Å². The molecule has 7 heteroatoms. The van der Waals surface area contributed by atoms with Gasteiger partial charge in [0.15, 0.2) is 0 Å². The fourth-order valence-electron chi connectivity index (χ4n) is 2.51. The molecule has 1 amide bonds. The van der Waals surface area contributed by atoms with Gasteiger partial charge in [-0.15, -0.1) is 0 Å². The van der Waals surface area contributed by atoms with Crippen molar-refractivity contribution in [3.8, 4) is 0 Å². The van der Waals surface area contributed by atoms with Gasteiger partial charge in [0.25, 0.3) is 11.6 Å². The molecule has 20 heavy (non-hydrogen) atoms. The Morgan fingerprint density at radius 3 is 2.90 bits per heavy atom. The van der Waals surface area contributed by atoms with Crippen LogP contribution >= 0.6 is 0 Å². The van der Waals surface area contributed by atoms with Gasteiger partial charge in [-0.3, -0.25) is 14.9 Å². The number of likely N-dealkylation sites (N-methyl/N-ethyl adjacent to an activating group) is 1. The highest BCUT2D eigenvalue weighted by atomic mass is 16.6. The summed E-state index contributed by atoms with van der Waals surface area (Å²) >= 11 is 0. The van der Waals surface area contributed by atoms with Crippen LogP contribution in [-0.2, 0) is 0 Å². The third kappa shape index (κ3) is 3.05. The van der Waals surface area contributed by atoms with Crippen molar-refractivity contribution in [2.45, 2.75) is 18.9 Å². The maximum atomic E-state index is 11.5. The quantitative estimate of drug-likeness (QED) is 0.615. The lowest BCUT2D eigenvalue weighted by atomic mass is 10.1. The van der Waals surface area contributed by atoms with E-state index in [0.29, 0.717) is 11.7 Å². The Kier molecular flexibility index (Phi) is 4.19. The number of carbonyl (C=O) groups excluding carboxylic acids is 1. The molecule has 108 valence electrons. The summed E-state index contributed by atoms with van der Waals surface area (Å²) in [4.78, 5) is 23.6. The van der Waals surface area contributed by atoms with Crippen LogP contribution in [0.2, 0.25) is 0 Å². The van der Waals surface area contributed by atoms with Crippen LogP contribution < -0.4 is 16.0 Å². The van der Waals surface area contributed by atoms with Crippen LogP contribution in [-0.4, -0.2) is 37.0 Å². The number of non-ortho nitro benzene ring substituents is 1. The lowest BCUT2D eigenvalue weighted by Gasteiger charge is -2.24. The summed E-state index contributed by atoms with van der Waals surface area (Å²) in [5.41, 5.74) is 6.00. The Hall–Kier alpha value is -2.15. The zero-order chi connectivity index (χ0) is 14.7. The number of nitrogens with one attached hydrogen (secondary N) is 1. The Bertz CT molecular complexity index is 526. The average molecular weight is 278 g/mol. The molecule has 2 rings (SSSR count). The van der Waals surface area contributed by atoms with E-state index in [0.717, 1.165) is 25.9 Å². The molecule has 0 saturated carbocycles. The number of anilines is 1. The largest absolute Gasteiger partial charge is 0.372 e. The van der Waals surface area contributed by atoms with Gasteiger partial charge in [-0.1, -0.05) is 0 Å². The summed E-state index contributed by atoms with van der Waals surface area (Å²) in [6.45, 7) is 1.74. The van der Waals surface area contributed by atoms with E-state index < -0.39 is 10.8 Å². The highest BCUT2D eigenvalue weighted by Gasteiger charge is 2.20. The van der Waals surface area contributed by atoms with Gasteiger partial charge >= 0.3 is 0 Å². The fraction of sp³-hybridized carbons (Fsp3) is 0.462. The van der Waals surface area contributed by atoms with Crippen LogP contribution in [0.1, 0.15) is 23.2 Å². The number of carbonyl (C=O) groups is 1. The minimum Gasteiger partial charge on any atom is -0.372 e. The van der Waals surface area contributed by atoms with Crippen LogP contribution in [0.5, 0.6) is 0 Å². The van der Waals surface area contributed by atoms with Crippen molar-refractivity contribution in [3.05, 3.63) is 33.9 Å². The fourth-order valence-corrected chi connectivity index (χ4v) is 2.51. The molecule has 0 aromatic heterocycles. The normalized spacial score (nSPS) is 17.9. The average Bonchev–Trinajstić information content (AvgIpc) is 2.90. The molecule has 0 aliphatic carbocycles. The van der Waals surface area contributed by atoms with Crippen molar-refractivity contribution in [2.24, 2.45) is 5.73 Å². The predicted octanol–water partition coefficient (Wildman–Crippen LogP) is 0.882. The second kappa shape index (κ2) is 5.87. The van der Waals surface area contributed by atoms with Gasteiger partial charge in [0.1, 0.15) is 0 Å². The molecule has 1 aromatic carbocycles. The molecule has 1 aromatic rings. The number of nitrogens with zero attached hydrogens (tertiary/aromatic N) is 2. The molecule has 3 N–H and O–H groups in total. The predicted molar refractivity (Wildman–Crippen MR) is 75.9 cm³/mol. The zero-order valence-electron chi connectivity index (χ0n) is 11.3. The summed E-state index contributed by atoms with van der Waals surface area (Å²) in [7, 11) is 1.85. The first-order valence-electron chi connectivity index (χ1n) is 6.52. The molecule has 1 aliphatic heterocycles. The van der Waals surface area contributed by atoms with Gasteiger partial charge in [0.2, 0.25) is 0 Å². The van der Waals surface area contributed by atoms with E-state index in [1.807, 2.05) is 11.9 Å². The van der Waals surface area contributed by atoms with Crippen molar-refractivity contribution < 1.29 is 9.72 Å². The molecule has 0 radical (unpaired) electrons. The Balaban J connectivity index is 2.24. The maximum Gasteiger partial charge on any atom is 0.270 e. The van der Waals surface area contributed by atoms with Gasteiger partial charge in [0.05, 0.1) is 10.5 Å². The number of nitro groups is 1. The minimum absolute atomic E-state index is 0.130. The SMILES string of the molecule is CN(CC1CCCN1)c1ccc([N+](=O)[O-])cc1C(N)=O. The molecule has 0 bridgehead atoms. The van der Waals surface area contributed by atoms with Crippen molar-refractivity contribution in [2.75, 3.05) is 25.0 Å². The van der Waals surface area contributed by atoms with Gasteiger partial charge < -0.3 is 16.0 Å². The number of nitro benzene ring substituents is 1. The molecule has 0 spiro atoms. The number of nitrogens with two attached hydrogens (primary N) is 1. The number of hydrogen-bond donors (Lipinski definition) is 2. The van der Waals surface area contributed by atoms with E-state index in [-0.39, 0.29) is 11.3 Å². The van der Waals surface area contributed by atoms with Crippen LogP contribution in [0.15, 0.2) is 18.2 Å². The summed E-state index contributed by atoms with van der Waals surface area (Å²) in [5.74, 6) is -0.657. The molecule has 1 saturated heterocycles. The van der Waals surface area contributed by atoms with Gasteiger partial charge in [-0.2, -0.15) is 0 Å². The Morgan fingerprint density at radius 1 is 1.60 bits per heavy atom. The van der Waals surface area contributed by atoms with Crippen molar-refractivity contribution in [1.82, 2.24) is 5.32 Å². The Labute approximate surface area is 116 Å². The molecule has 1 aliphatic rings. The van der Waals surface area contributed by atoms with Gasteiger partial charge in [-0.05, 0) is 25.5 Å². The van der Waals surface area contributed by atoms with Crippen molar-refractivity contribution in [1.29, 1.82) is 0 Å². The van der Waals surface area contributed by atoms with E-state index in [2.05, 4.69) is 5.32 Å². The first-order valence-corrected chi connectivity index (χ1v) is 6.52. The number of hydrogen-bond acceptors (Lipinski definition) is 5. The molecule has 7 nitrogen and oxygen atoms in total. The smallest absolute Gasteiger partial charge is 0.270 e. The van der Waals surface area contributed by atoms with E-state index in [1.165, 1.54) is 12.1 Å². The summed E-state index contributed by atoms with van der Waals surface area (Å²) < 4.78 is 0. The summed E-state index contributed by atoms with van der Waals surface area (Å²) in [5, 5.41) is 14.1. The second-order valence-electron chi connectivity index (χ2n) is 5.00. The molecule has 1 fully saturated rings. The number of amides is 1. The molecule has 1 atom stereocenters. The molecular weight excluding hydrogens is 260 g/mol. The van der Waals surface area contributed by atoms with E-state index in [4.69, 9.17) is 5.73 Å². The Morgan fingerprint density at radius 2 is 2.35 bits per heavy atom. The lowest BCUT2D eigenvalue weighted by molar-refractivity contribution is -0.384. The van der Waals surface area contributed by atoms with E-state index >= 15 is 0 Å². The monoisotopic (exact) mass is 278 g/mol. The van der Waals surface area contributed by atoms with Crippen LogP contribution in [0, 0.1) is 10.1 Å². The molecular formula is C13H18N4O3. The minimum atomic E-state index is -0.657. The van der Waals surface area contributed by atoms with E-state index in [9.17, 15) is 14.9 Å². The van der Waals surface area contributed by atoms with Crippen molar-refractivity contribution >= 4 is 17.3 Å². The van der Waals surface area contributed by atoms with Gasteiger partial charge in [-0.25, -0.2) is 0 Å². The number of benzene rings is 1. The third-order valence-corrected chi connectivity index (χ3v) is 3.52. The molecule has 1 unspecified atom stereocenters.